The standard InChI is InChI=1S/C7H6F3N3O/c8-7(9,10)6-12-2-5(3-13-6)1-11-4-14/h2-4H,1H2,(H,11,14). The van der Waals surface area contributed by atoms with Gasteiger partial charge in [-0.2, -0.15) is 13.2 Å². The lowest BCUT2D eigenvalue weighted by atomic mass is 10.3. The molecule has 1 aromatic rings. The first-order valence-electron chi connectivity index (χ1n) is 3.59. The number of rotatable bonds is 3. The highest BCUT2D eigenvalue weighted by Crippen LogP contribution is 2.25. The van der Waals surface area contributed by atoms with Gasteiger partial charge in [-0.25, -0.2) is 9.97 Å². The Bertz CT molecular complexity index is 309. The zero-order valence-electron chi connectivity index (χ0n) is 6.88. The smallest absolute Gasteiger partial charge is 0.354 e. The number of hydrogen-bond donors (Lipinski definition) is 1. The molecule has 1 rings (SSSR count). The van der Waals surface area contributed by atoms with Gasteiger partial charge in [-0.1, -0.05) is 0 Å². The van der Waals surface area contributed by atoms with E-state index in [4.69, 9.17) is 0 Å². The van der Waals surface area contributed by atoms with Crippen LogP contribution >= 0.6 is 0 Å². The summed E-state index contributed by atoms with van der Waals surface area (Å²) in [7, 11) is 0. The van der Waals surface area contributed by atoms with Crippen molar-refractivity contribution < 1.29 is 18.0 Å². The van der Waals surface area contributed by atoms with Crippen LogP contribution in [0.4, 0.5) is 13.2 Å². The molecule has 0 saturated carbocycles. The first kappa shape index (κ1) is 10.4. The molecule has 0 aliphatic heterocycles. The van der Waals surface area contributed by atoms with Crippen molar-refractivity contribution in [2.75, 3.05) is 0 Å². The van der Waals surface area contributed by atoms with Gasteiger partial charge in [0.2, 0.25) is 12.2 Å². The van der Waals surface area contributed by atoms with E-state index in [1.165, 1.54) is 0 Å². The lowest BCUT2D eigenvalue weighted by Crippen LogP contribution is -2.14. The van der Waals surface area contributed by atoms with E-state index in [0.29, 0.717) is 12.0 Å². The van der Waals surface area contributed by atoms with Crippen molar-refractivity contribution >= 4 is 6.41 Å². The fourth-order valence-corrected chi connectivity index (χ4v) is 0.752. The Kier molecular flexibility index (Phi) is 3.00. The molecule has 0 aromatic carbocycles. The molecule has 0 unspecified atom stereocenters. The Balaban J connectivity index is 2.73. The molecule has 1 amide bonds. The van der Waals surface area contributed by atoms with Crippen molar-refractivity contribution in [1.82, 2.24) is 15.3 Å². The first-order valence-corrected chi connectivity index (χ1v) is 3.59. The summed E-state index contributed by atoms with van der Waals surface area (Å²) in [5.41, 5.74) is 0.408. The normalized spacial score (nSPS) is 11.1. The summed E-state index contributed by atoms with van der Waals surface area (Å²) >= 11 is 0. The average Bonchev–Trinajstić information content (AvgIpc) is 2.14. The van der Waals surface area contributed by atoms with Gasteiger partial charge < -0.3 is 5.32 Å². The summed E-state index contributed by atoms with van der Waals surface area (Å²) in [5.74, 6) is -1.19. The van der Waals surface area contributed by atoms with Crippen molar-refractivity contribution in [2.45, 2.75) is 12.7 Å². The summed E-state index contributed by atoms with van der Waals surface area (Å²) < 4.78 is 35.9. The lowest BCUT2D eigenvalue weighted by molar-refractivity contribution is -0.145. The number of nitrogens with zero attached hydrogens (tertiary/aromatic N) is 2. The van der Waals surface area contributed by atoms with Gasteiger partial charge in [-0.3, -0.25) is 4.79 Å². The Morgan fingerprint density at radius 3 is 2.36 bits per heavy atom. The first-order chi connectivity index (χ1) is 6.54. The summed E-state index contributed by atoms with van der Waals surface area (Å²) in [6.07, 6.45) is -2.05. The lowest BCUT2D eigenvalue weighted by Gasteiger charge is -2.04. The van der Waals surface area contributed by atoms with Crippen molar-refractivity contribution in [3.8, 4) is 0 Å². The number of nitrogens with one attached hydrogen (secondary N) is 1. The molecule has 0 spiro atoms. The average molecular weight is 205 g/mol. The van der Waals surface area contributed by atoms with Gasteiger partial charge in [0.05, 0.1) is 0 Å². The van der Waals surface area contributed by atoms with Gasteiger partial charge in [0.1, 0.15) is 0 Å². The third-order valence-corrected chi connectivity index (χ3v) is 1.35. The monoisotopic (exact) mass is 205 g/mol. The van der Waals surface area contributed by atoms with E-state index in [1.54, 1.807) is 0 Å². The van der Waals surface area contributed by atoms with Gasteiger partial charge in [-0.15, -0.1) is 0 Å². The number of hydrogen-bond acceptors (Lipinski definition) is 3. The number of carbonyl (C=O) groups excluding carboxylic acids is 1. The predicted octanol–water partition coefficient (Wildman–Crippen LogP) is 0.741. The zero-order chi connectivity index (χ0) is 10.6. The molecule has 7 heteroatoms. The van der Waals surface area contributed by atoms with E-state index < -0.39 is 12.0 Å². The SMILES string of the molecule is O=CNCc1cnc(C(F)(F)F)nc1. The minimum atomic E-state index is -4.53. The van der Waals surface area contributed by atoms with Gasteiger partial charge in [0.25, 0.3) is 0 Å². The van der Waals surface area contributed by atoms with E-state index in [9.17, 15) is 18.0 Å². The summed E-state index contributed by atoms with van der Waals surface area (Å²) in [5, 5.41) is 2.28. The van der Waals surface area contributed by atoms with Crippen LogP contribution in [0.25, 0.3) is 0 Å². The molecule has 4 nitrogen and oxygen atoms in total. The fraction of sp³-hybridized carbons (Fsp3) is 0.286. The number of halogens is 3. The Morgan fingerprint density at radius 1 is 1.36 bits per heavy atom. The second-order valence-electron chi connectivity index (χ2n) is 2.41. The predicted molar refractivity (Wildman–Crippen MR) is 39.9 cm³/mol. The van der Waals surface area contributed by atoms with E-state index in [0.717, 1.165) is 12.4 Å². The number of alkyl halides is 3. The quantitative estimate of drug-likeness (QED) is 0.740. The van der Waals surface area contributed by atoms with Crippen molar-refractivity contribution in [3.63, 3.8) is 0 Å². The van der Waals surface area contributed by atoms with Gasteiger partial charge in [0.15, 0.2) is 0 Å². The topological polar surface area (TPSA) is 54.9 Å². The van der Waals surface area contributed by atoms with Gasteiger partial charge >= 0.3 is 6.18 Å². The molecule has 0 saturated heterocycles. The molecular weight excluding hydrogens is 199 g/mol. The Morgan fingerprint density at radius 2 is 1.93 bits per heavy atom. The molecule has 0 fully saturated rings. The molecule has 1 N–H and O–H groups in total. The summed E-state index contributed by atoms with van der Waals surface area (Å²) in [6.45, 7) is 0.113. The van der Waals surface area contributed by atoms with E-state index >= 15 is 0 Å². The number of carbonyl (C=O) groups is 1. The maximum absolute atomic E-state index is 12.0. The van der Waals surface area contributed by atoms with E-state index in [2.05, 4.69) is 15.3 Å². The maximum atomic E-state index is 12.0. The van der Waals surface area contributed by atoms with Crippen LogP contribution < -0.4 is 5.32 Å². The van der Waals surface area contributed by atoms with E-state index in [1.807, 2.05) is 0 Å². The largest absolute Gasteiger partial charge is 0.451 e. The molecule has 76 valence electrons. The Labute approximate surface area is 77.2 Å². The molecule has 0 radical (unpaired) electrons. The number of amides is 1. The van der Waals surface area contributed by atoms with Crippen molar-refractivity contribution in [3.05, 3.63) is 23.8 Å². The second kappa shape index (κ2) is 4.03. The van der Waals surface area contributed by atoms with Crippen molar-refractivity contribution in [1.29, 1.82) is 0 Å². The highest BCUT2D eigenvalue weighted by atomic mass is 19.4. The Hall–Kier alpha value is -1.66. The molecule has 0 atom stereocenters. The van der Waals surface area contributed by atoms with Crippen LogP contribution in [0.3, 0.4) is 0 Å². The molecule has 1 aromatic heterocycles. The summed E-state index contributed by atoms with van der Waals surface area (Å²) in [6, 6.07) is 0. The van der Waals surface area contributed by atoms with Crippen LogP contribution in [0.1, 0.15) is 11.4 Å². The number of aromatic nitrogens is 2. The van der Waals surface area contributed by atoms with Gasteiger partial charge in [-0.05, 0) is 0 Å². The van der Waals surface area contributed by atoms with Crippen LogP contribution in [0.15, 0.2) is 12.4 Å². The van der Waals surface area contributed by atoms with Gasteiger partial charge in [0, 0.05) is 24.5 Å². The highest BCUT2D eigenvalue weighted by Gasteiger charge is 2.34. The molecule has 0 aliphatic rings. The maximum Gasteiger partial charge on any atom is 0.451 e. The molecule has 0 bridgehead atoms. The third-order valence-electron chi connectivity index (χ3n) is 1.35. The van der Waals surface area contributed by atoms with Crippen LogP contribution in [0.5, 0.6) is 0 Å². The second-order valence-corrected chi connectivity index (χ2v) is 2.41. The van der Waals surface area contributed by atoms with Crippen LogP contribution in [0, 0.1) is 0 Å². The highest BCUT2D eigenvalue weighted by molar-refractivity contribution is 5.46. The van der Waals surface area contributed by atoms with E-state index in [-0.39, 0.29) is 6.54 Å². The third kappa shape index (κ3) is 2.68. The minimum Gasteiger partial charge on any atom is -0.354 e. The fourth-order valence-electron chi connectivity index (χ4n) is 0.752. The van der Waals surface area contributed by atoms with Crippen LogP contribution in [-0.4, -0.2) is 16.4 Å². The molecular formula is C7H6F3N3O. The molecule has 14 heavy (non-hydrogen) atoms. The van der Waals surface area contributed by atoms with Crippen LogP contribution in [0.2, 0.25) is 0 Å². The van der Waals surface area contributed by atoms with Crippen molar-refractivity contribution in [2.24, 2.45) is 0 Å². The zero-order valence-corrected chi connectivity index (χ0v) is 6.88. The molecule has 1 heterocycles. The summed E-state index contributed by atoms with van der Waals surface area (Å²) in [4.78, 5) is 16.1. The minimum absolute atomic E-state index is 0.113. The molecule has 0 aliphatic carbocycles. The van der Waals surface area contributed by atoms with Crippen LogP contribution in [-0.2, 0) is 17.5 Å².